The lowest BCUT2D eigenvalue weighted by molar-refractivity contribution is -0.117. The summed E-state index contributed by atoms with van der Waals surface area (Å²) < 4.78 is 0. The maximum atomic E-state index is 12.3. The van der Waals surface area contributed by atoms with Crippen molar-refractivity contribution in [1.82, 2.24) is 0 Å². The normalized spacial score (nSPS) is 20.1. The third kappa shape index (κ3) is 3.11. The molecule has 3 heteroatoms. The molecule has 21 heavy (non-hydrogen) atoms. The van der Waals surface area contributed by atoms with Crippen molar-refractivity contribution in [1.29, 1.82) is 0 Å². The molecule has 1 fully saturated rings. The summed E-state index contributed by atoms with van der Waals surface area (Å²) in [4.78, 5) is 12.3. The molecule has 0 aliphatic heterocycles. The second-order valence-corrected chi connectivity index (χ2v) is 5.92. The van der Waals surface area contributed by atoms with Crippen molar-refractivity contribution in [3.8, 4) is 0 Å². The summed E-state index contributed by atoms with van der Waals surface area (Å²) in [6.45, 7) is 2.11. The number of carbonyl (C=O) groups is 1. The molecular weight excluding hydrogens is 282 g/mol. The van der Waals surface area contributed by atoms with Gasteiger partial charge < -0.3 is 5.32 Å². The van der Waals surface area contributed by atoms with E-state index in [9.17, 15) is 4.79 Å². The molecule has 3 rings (SSSR count). The zero-order chi connectivity index (χ0) is 14.8. The predicted molar refractivity (Wildman–Crippen MR) is 86.7 cm³/mol. The van der Waals surface area contributed by atoms with Gasteiger partial charge in [-0.25, -0.2) is 0 Å². The first-order chi connectivity index (χ1) is 10.2. The van der Waals surface area contributed by atoms with Crippen LogP contribution in [0.3, 0.4) is 0 Å². The lowest BCUT2D eigenvalue weighted by Gasteiger charge is -2.07. The van der Waals surface area contributed by atoms with E-state index in [2.05, 4.69) is 18.3 Å². The first kappa shape index (κ1) is 14.2. The Hall–Kier alpha value is -1.80. The summed E-state index contributed by atoms with van der Waals surface area (Å²) in [5, 5.41) is 3.77. The van der Waals surface area contributed by atoms with Gasteiger partial charge in [0.05, 0.1) is 0 Å². The summed E-state index contributed by atoms with van der Waals surface area (Å²) in [6, 6.07) is 15.8. The van der Waals surface area contributed by atoms with Gasteiger partial charge in [0, 0.05) is 16.6 Å². The summed E-state index contributed by atoms with van der Waals surface area (Å²) in [6.07, 6.45) is 1.85. The molecule has 1 aliphatic carbocycles. The van der Waals surface area contributed by atoms with E-state index in [-0.39, 0.29) is 17.7 Å². The van der Waals surface area contributed by atoms with Gasteiger partial charge in [-0.3, -0.25) is 4.79 Å². The van der Waals surface area contributed by atoms with Crippen LogP contribution in [-0.4, -0.2) is 5.91 Å². The van der Waals surface area contributed by atoms with Crippen LogP contribution in [0, 0.1) is 5.92 Å². The fraction of sp³-hybridized carbons (Fsp3) is 0.278. The molecule has 2 aromatic carbocycles. The minimum Gasteiger partial charge on any atom is -0.326 e. The SMILES string of the molecule is CCc1cccc(NC(=O)C2CC2c2ccccc2Cl)c1. The highest BCUT2D eigenvalue weighted by atomic mass is 35.5. The summed E-state index contributed by atoms with van der Waals surface area (Å²) >= 11 is 6.20. The molecule has 108 valence electrons. The minimum atomic E-state index is 0.0372. The topological polar surface area (TPSA) is 29.1 Å². The number of nitrogens with one attached hydrogen (secondary N) is 1. The van der Waals surface area contributed by atoms with Gasteiger partial charge in [0.25, 0.3) is 0 Å². The molecule has 0 aromatic heterocycles. The van der Waals surface area contributed by atoms with Crippen molar-refractivity contribution in [2.75, 3.05) is 5.32 Å². The van der Waals surface area contributed by atoms with E-state index in [0.717, 1.165) is 29.1 Å². The first-order valence-corrected chi connectivity index (χ1v) is 7.71. The van der Waals surface area contributed by atoms with Crippen LogP contribution in [0.25, 0.3) is 0 Å². The van der Waals surface area contributed by atoms with Gasteiger partial charge in [-0.15, -0.1) is 0 Å². The smallest absolute Gasteiger partial charge is 0.228 e. The molecule has 2 unspecified atom stereocenters. The van der Waals surface area contributed by atoms with Crippen molar-refractivity contribution >= 4 is 23.2 Å². The van der Waals surface area contributed by atoms with E-state index < -0.39 is 0 Å². The van der Waals surface area contributed by atoms with Gasteiger partial charge in [0.1, 0.15) is 0 Å². The van der Waals surface area contributed by atoms with Gasteiger partial charge in [0.2, 0.25) is 5.91 Å². The summed E-state index contributed by atoms with van der Waals surface area (Å²) in [5.74, 6) is 0.386. The largest absolute Gasteiger partial charge is 0.326 e. The summed E-state index contributed by atoms with van der Waals surface area (Å²) in [5.41, 5.74) is 3.19. The van der Waals surface area contributed by atoms with Crippen LogP contribution in [0.5, 0.6) is 0 Å². The molecule has 0 saturated heterocycles. The fourth-order valence-electron chi connectivity index (χ4n) is 2.71. The molecule has 2 atom stereocenters. The van der Waals surface area contributed by atoms with Gasteiger partial charge in [-0.1, -0.05) is 48.9 Å². The van der Waals surface area contributed by atoms with Crippen molar-refractivity contribution in [2.24, 2.45) is 5.92 Å². The Labute approximate surface area is 130 Å². The number of amides is 1. The molecule has 2 nitrogen and oxygen atoms in total. The van der Waals surface area contributed by atoms with Crippen LogP contribution in [-0.2, 0) is 11.2 Å². The van der Waals surface area contributed by atoms with E-state index in [0.29, 0.717) is 0 Å². The Bertz CT molecular complexity index is 668. The van der Waals surface area contributed by atoms with Crippen LogP contribution in [0.1, 0.15) is 30.4 Å². The molecule has 1 N–H and O–H groups in total. The Kier molecular flexibility index (Phi) is 3.98. The molecule has 0 bridgehead atoms. The first-order valence-electron chi connectivity index (χ1n) is 7.33. The zero-order valence-corrected chi connectivity index (χ0v) is 12.7. The molecule has 1 saturated carbocycles. The standard InChI is InChI=1S/C18H18ClNO/c1-2-12-6-5-7-13(10-12)20-18(21)16-11-15(16)14-8-3-4-9-17(14)19/h3-10,15-16H,2,11H2,1H3,(H,20,21). The molecule has 2 aromatic rings. The maximum absolute atomic E-state index is 12.3. The lowest BCUT2D eigenvalue weighted by Crippen LogP contribution is -2.14. The number of hydrogen-bond acceptors (Lipinski definition) is 1. The van der Waals surface area contributed by atoms with Gasteiger partial charge in [-0.05, 0) is 48.1 Å². The van der Waals surface area contributed by atoms with Crippen molar-refractivity contribution in [2.45, 2.75) is 25.7 Å². The van der Waals surface area contributed by atoms with Crippen LogP contribution in [0.15, 0.2) is 48.5 Å². The van der Waals surface area contributed by atoms with Gasteiger partial charge in [-0.2, -0.15) is 0 Å². The highest BCUT2D eigenvalue weighted by molar-refractivity contribution is 6.31. The number of anilines is 1. The zero-order valence-electron chi connectivity index (χ0n) is 12.0. The van der Waals surface area contributed by atoms with Crippen molar-refractivity contribution in [3.05, 3.63) is 64.7 Å². The number of aryl methyl sites for hydroxylation is 1. The average Bonchev–Trinajstić information content (AvgIpc) is 3.28. The quantitative estimate of drug-likeness (QED) is 0.875. The molecular formula is C18H18ClNO. The fourth-order valence-corrected chi connectivity index (χ4v) is 2.98. The second kappa shape index (κ2) is 5.90. The lowest BCUT2D eigenvalue weighted by atomic mass is 10.1. The van der Waals surface area contributed by atoms with Crippen molar-refractivity contribution < 1.29 is 4.79 Å². The Morgan fingerprint density at radius 1 is 1.24 bits per heavy atom. The third-order valence-electron chi connectivity index (χ3n) is 4.03. The van der Waals surface area contributed by atoms with Crippen LogP contribution >= 0.6 is 11.6 Å². The van der Waals surface area contributed by atoms with Crippen LogP contribution < -0.4 is 5.32 Å². The van der Waals surface area contributed by atoms with Crippen LogP contribution in [0.2, 0.25) is 5.02 Å². The average molecular weight is 300 g/mol. The third-order valence-corrected chi connectivity index (χ3v) is 4.38. The molecule has 1 amide bonds. The number of benzene rings is 2. The Balaban J connectivity index is 1.67. The van der Waals surface area contributed by atoms with E-state index in [1.54, 1.807) is 0 Å². The molecule has 1 aliphatic rings. The van der Waals surface area contributed by atoms with Crippen LogP contribution in [0.4, 0.5) is 5.69 Å². The van der Waals surface area contributed by atoms with Gasteiger partial charge >= 0.3 is 0 Å². The van der Waals surface area contributed by atoms with Crippen molar-refractivity contribution in [3.63, 3.8) is 0 Å². The minimum absolute atomic E-state index is 0.0372. The van der Waals surface area contributed by atoms with Gasteiger partial charge in [0.15, 0.2) is 0 Å². The Morgan fingerprint density at radius 2 is 2.05 bits per heavy atom. The molecule has 0 radical (unpaired) electrons. The number of hydrogen-bond donors (Lipinski definition) is 1. The monoisotopic (exact) mass is 299 g/mol. The molecule has 0 heterocycles. The maximum Gasteiger partial charge on any atom is 0.228 e. The Morgan fingerprint density at radius 3 is 2.81 bits per heavy atom. The van der Waals surface area contributed by atoms with E-state index >= 15 is 0 Å². The van der Waals surface area contributed by atoms with E-state index in [4.69, 9.17) is 11.6 Å². The number of halogens is 1. The summed E-state index contributed by atoms with van der Waals surface area (Å²) in [7, 11) is 0. The molecule has 0 spiro atoms. The second-order valence-electron chi connectivity index (χ2n) is 5.51. The predicted octanol–water partition coefficient (Wildman–Crippen LogP) is 4.64. The van der Waals surface area contributed by atoms with E-state index in [1.807, 2.05) is 42.5 Å². The highest BCUT2D eigenvalue weighted by Crippen LogP contribution is 2.49. The highest BCUT2D eigenvalue weighted by Gasteiger charge is 2.44. The number of rotatable bonds is 4. The number of carbonyl (C=O) groups excluding carboxylic acids is 1. The van der Waals surface area contributed by atoms with E-state index in [1.165, 1.54) is 5.56 Å².